The number of hydrogen-bond acceptors (Lipinski definition) is 4. The molecule has 150 valence electrons. The summed E-state index contributed by atoms with van der Waals surface area (Å²) in [6.07, 6.45) is 5.85. The maximum atomic E-state index is 12.7. The van der Waals surface area contributed by atoms with E-state index >= 15 is 0 Å². The normalized spacial score (nSPS) is 15.4. The summed E-state index contributed by atoms with van der Waals surface area (Å²) < 4.78 is 1.68. The molecule has 6 heteroatoms. The van der Waals surface area contributed by atoms with Gasteiger partial charge in [0.25, 0.3) is 5.91 Å². The van der Waals surface area contributed by atoms with Crippen LogP contribution in [0.15, 0.2) is 54.9 Å². The molecule has 1 N–H and O–H groups in total. The van der Waals surface area contributed by atoms with E-state index in [0.29, 0.717) is 11.4 Å². The van der Waals surface area contributed by atoms with Crippen molar-refractivity contribution in [1.82, 2.24) is 19.7 Å². The number of aromatic nitrogens is 3. The van der Waals surface area contributed by atoms with E-state index in [-0.39, 0.29) is 5.91 Å². The first-order chi connectivity index (χ1) is 14.1. The van der Waals surface area contributed by atoms with Crippen LogP contribution in [-0.2, 0) is 6.54 Å². The van der Waals surface area contributed by atoms with Gasteiger partial charge in [0.05, 0.1) is 17.5 Å². The number of carbonyl (C=O) groups is 1. The van der Waals surface area contributed by atoms with E-state index in [1.54, 1.807) is 17.1 Å². The first-order valence-electron chi connectivity index (χ1n) is 10.2. The summed E-state index contributed by atoms with van der Waals surface area (Å²) >= 11 is 0. The number of amides is 1. The molecule has 0 spiro atoms. The van der Waals surface area contributed by atoms with Crippen LogP contribution >= 0.6 is 0 Å². The Morgan fingerprint density at radius 3 is 2.59 bits per heavy atom. The Bertz CT molecular complexity index is 957. The van der Waals surface area contributed by atoms with Gasteiger partial charge in [0.1, 0.15) is 0 Å². The number of nitrogens with zero attached hydrogens (tertiary/aromatic N) is 4. The van der Waals surface area contributed by atoms with Gasteiger partial charge >= 0.3 is 0 Å². The van der Waals surface area contributed by atoms with Gasteiger partial charge in [-0.3, -0.25) is 9.69 Å². The fraction of sp³-hybridized carbons (Fsp3) is 0.348. The third-order valence-corrected chi connectivity index (χ3v) is 5.61. The minimum Gasteiger partial charge on any atom is -0.322 e. The quantitative estimate of drug-likeness (QED) is 0.715. The average molecular weight is 390 g/mol. The summed E-state index contributed by atoms with van der Waals surface area (Å²) in [5.41, 5.74) is 3.37. The van der Waals surface area contributed by atoms with Crippen molar-refractivity contribution in [3.05, 3.63) is 71.7 Å². The third kappa shape index (κ3) is 4.54. The van der Waals surface area contributed by atoms with E-state index in [0.717, 1.165) is 23.8 Å². The number of pyridine rings is 1. The summed E-state index contributed by atoms with van der Waals surface area (Å²) in [5.74, 6) is 1.37. The monoisotopic (exact) mass is 389 g/mol. The number of nitrogens with one attached hydrogen (secondary N) is 1. The van der Waals surface area contributed by atoms with Gasteiger partial charge in [0.15, 0.2) is 5.82 Å². The molecule has 0 unspecified atom stereocenters. The molecule has 2 aromatic heterocycles. The second kappa shape index (κ2) is 8.57. The van der Waals surface area contributed by atoms with Gasteiger partial charge in [0.2, 0.25) is 0 Å². The number of carbonyl (C=O) groups excluding carboxylic acids is 1. The number of likely N-dealkylation sites (tertiary alicyclic amines) is 1. The number of rotatable bonds is 5. The number of piperidine rings is 1. The highest BCUT2D eigenvalue weighted by Crippen LogP contribution is 2.20. The van der Waals surface area contributed by atoms with Crippen LogP contribution in [0.2, 0.25) is 0 Å². The molecule has 0 atom stereocenters. The van der Waals surface area contributed by atoms with E-state index < -0.39 is 0 Å². The minimum absolute atomic E-state index is 0.164. The second-order valence-corrected chi connectivity index (χ2v) is 7.85. The molecule has 4 rings (SSSR count). The maximum Gasteiger partial charge on any atom is 0.259 e. The first kappa shape index (κ1) is 19.3. The predicted octanol–water partition coefficient (Wildman–Crippen LogP) is 4.06. The highest BCUT2D eigenvalue weighted by molar-refractivity contribution is 6.04. The van der Waals surface area contributed by atoms with Gasteiger partial charge in [-0.25, -0.2) is 9.67 Å². The van der Waals surface area contributed by atoms with Crippen molar-refractivity contribution < 1.29 is 4.79 Å². The van der Waals surface area contributed by atoms with Gasteiger partial charge in [-0.2, -0.15) is 5.10 Å². The predicted molar refractivity (Wildman–Crippen MR) is 114 cm³/mol. The van der Waals surface area contributed by atoms with Crippen molar-refractivity contribution in [2.24, 2.45) is 5.92 Å². The zero-order valence-electron chi connectivity index (χ0n) is 17.0. The molecule has 1 saturated heterocycles. The summed E-state index contributed by atoms with van der Waals surface area (Å²) in [7, 11) is 0. The topological polar surface area (TPSA) is 63.1 Å². The molecule has 0 radical (unpaired) electrons. The van der Waals surface area contributed by atoms with Crippen molar-refractivity contribution in [1.29, 1.82) is 0 Å². The summed E-state index contributed by atoms with van der Waals surface area (Å²) in [4.78, 5) is 19.5. The fourth-order valence-corrected chi connectivity index (χ4v) is 3.71. The Labute approximate surface area is 171 Å². The highest BCUT2D eigenvalue weighted by Gasteiger charge is 2.17. The van der Waals surface area contributed by atoms with Crippen LogP contribution in [0.1, 0.15) is 41.4 Å². The SMILES string of the molecule is Cc1c(C(=O)Nc2ccc(CN3CCC(C)CC3)cc2)cnn1-c1ccccn1. The standard InChI is InChI=1S/C23H27N5O/c1-17-10-13-27(14-11-17)16-19-6-8-20(9-7-19)26-23(29)21-15-25-28(18(21)2)22-5-3-4-12-24-22/h3-9,12,15,17H,10-11,13-14,16H2,1-2H3,(H,26,29). The highest BCUT2D eigenvalue weighted by atomic mass is 16.1. The third-order valence-electron chi connectivity index (χ3n) is 5.61. The Kier molecular flexibility index (Phi) is 5.71. The molecule has 1 aromatic carbocycles. The smallest absolute Gasteiger partial charge is 0.259 e. The molecule has 0 saturated carbocycles. The Morgan fingerprint density at radius 2 is 1.90 bits per heavy atom. The van der Waals surface area contributed by atoms with Gasteiger partial charge in [-0.1, -0.05) is 25.1 Å². The molecule has 1 aliphatic rings. The van der Waals surface area contributed by atoms with Crippen LogP contribution in [0.4, 0.5) is 5.69 Å². The fourth-order valence-electron chi connectivity index (χ4n) is 3.71. The molecule has 1 amide bonds. The molecule has 0 aliphatic carbocycles. The Hall–Kier alpha value is -2.99. The molecule has 29 heavy (non-hydrogen) atoms. The Morgan fingerprint density at radius 1 is 1.14 bits per heavy atom. The van der Waals surface area contributed by atoms with Crippen molar-refractivity contribution in [2.75, 3.05) is 18.4 Å². The lowest BCUT2D eigenvalue weighted by Crippen LogP contribution is -2.32. The van der Waals surface area contributed by atoms with Crippen LogP contribution in [0.25, 0.3) is 5.82 Å². The van der Waals surface area contributed by atoms with E-state index in [2.05, 4.69) is 39.4 Å². The molecular formula is C23H27N5O. The zero-order chi connectivity index (χ0) is 20.2. The van der Waals surface area contributed by atoms with Crippen molar-refractivity contribution >= 4 is 11.6 Å². The summed E-state index contributed by atoms with van der Waals surface area (Å²) in [6, 6.07) is 13.7. The van der Waals surface area contributed by atoms with Crippen molar-refractivity contribution in [2.45, 2.75) is 33.2 Å². The lowest BCUT2D eigenvalue weighted by molar-refractivity contribution is 0.102. The number of hydrogen-bond donors (Lipinski definition) is 1. The van der Waals surface area contributed by atoms with Crippen LogP contribution in [0.5, 0.6) is 0 Å². The molecule has 6 nitrogen and oxygen atoms in total. The minimum atomic E-state index is -0.164. The largest absolute Gasteiger partial charge is 0.322 e. The van der Waals surface area contributed by atoms with Gasteiger partial charge in [-0.05, 0) is 68.6 Å². The Balaban J connectivity index is 1.39. The lowest BCUT2D eigenvalue weighted by Gasteiger charge is -2.30. The van der Waals surface area contributed by atoms with Gasteiger partial charge in [-0.15, -0.1) is 0 Å². The summed E-state index contributed by atoms with van der Waals surface area (Å²) in [6.45, 7) is 7.51. The van der Waals surface area contributed by atoms with Crippen molar-refractivity contribution in [3.63, 3.8) is 0 Å². The molecule has 3 aromatic rings. The lowest BCUT2D eigenvalue weighted by atomic mass is 9.99. The maximum absolute atomic E-state index is 12.7. The average Bonchev–Trinajstić information content (AvgIpc) is 3.13. The van der Waals surface area contributed by atoms with E-state index in [9.17, 15) is 4.79 Å². The van der Waals surface area contributed by atoms with Crippen LogP contribution < -0.4 is 5.32 Å². The molecular weight excluding hydrogens is 362 g/mol. The van der Waals surface area contributed by atoms with E-state index in [1.165, 1.54) is 31.5 Å². The van der Waals surface area contributed by atoms with E-state index in [1.807, 2.05) is 37.3 Å². The number of benzene rings is 1. The van der Waals surface area contributed by atoms with Crippen LogP contribution in [0, 0.1) is 12.8 Å². The molecule has 0 bridgehead atoms. The van der Waals surface area contributed by atoms with Gasteiger partial charge in [0, 0.05) is 18.4 Å². The molecule has 3 heterocycles. The second-order valence-electron chi connectivity index (χ2n) is 7.85. The molecule has 1 fully saturated rings. The molecule has 1 aliphatic heterocycles. The van der Waals surface area contributed by atoms with Gasteiger partial charge < -0.3 is 5.32 Å². The zero-order valence-corrected chi connectivity index (χ0v) is 17.0. The van der Waals surface area contributed by atoms with Crippen LogP contribution in [0.3, 0.4) is 0 Å². The number of anilines is 1. The van der Waals surface area contributed by atoms with Crippen LogP contribution in [-0.4, -0.2) is 38.7 Å². The summed E-state index contributed by atoms with van der Waals surface area (Å²) in [5, 5.41) is 7.30. The first-order valence-corrected chi connectivity index (χ1v) is 10.2. The van der Waals surface area contributed by atoms with Crippen molar-refractivity contribution in [3.8, 4) is 5.82 Å². The van der Waals surface area contributed by atoms with E-state index in [4.69, 9.17) is 0 Å².